The number of rotatable bonds is 6. The van der Waals surface area contributed by atoms with Crippen LogP contribution < -0.4 is 5.32 Å². The van der Waals surface area contributed by atoms with E-state index in [2.05, 4.69) is 5.32 Å². The first-order valence-corrected chi connectivity index (χ1v) is 7.82. The summed E-state index contributed by atoms with van der Waals surface area (Å²) in [5.41, 5.74) is 1.44. The maximum absolute atomic E-state index is 12.1. The van der Waals surface area contributed by atoms with Crippen molar-refractivity contribution in [3.63, 3.8) is 0 Å². The number of carbonyl (C=O) groups excluding carboxylic acids is 2. The average molecular weight is 332 g/mol. The monoisotopic (exact) mass is 331 g/mol. The molecular formula is C18H18ClNO3. The first kappa shape index (κ1) is 17.0. The highest BCUT2D eigenvalue weighted by atomic mass is 35.5. The Bertz CT molecular complexity index is 683. The lowest BCUT2D eigenvalue weighted by Gasteiger charge is -2.08. The molecule has 0 heterocycles. The van der Waals surface area contributed by atoms with E-state index in [9.17, 15) is 9.59 Å². The van der Waals surface area contributed by atoms with E-state index in [4.69, 9.17) is 16.3 Å². The number of benzene rings is 2. The van der Waals surface area contributed by atoms with Gasteiger partial charge in [-0.15, -0.1) is 0 Å². The Morgan fingerprint density at radius 2 is 1.78 bits per heavy atom. The highest BCUT2D eigenvalue weighted by Gasteiger charge is 2.11. The minimum Gasteiger partial charge on any atom is -0.462 e. The van der Waals surface area contributed by atoms with Gasteiger partial charge in [-0.05, 0) is 42.8 Å². The Morgan fingerprint density at radius 3 is 2.43 bits per heavy atom. The van der Waals surface area contributed by atoms with Gasteiger partial charge in [-0.3, -0.25) is 4.79 Å². The quantitative estimate of drug-likeness (QED) is 0.624. The van der Waals surface area contributed by atoms with Crippen LogP contribution in [0.2, 0.25) is 5.02 Å². The molecule has 4 nitrogen and oxygen atoms in total. The molecule has 0 aliphatic rings. The Morgan fingerprint density at radius 1 is 1.09 bits per heavy atom. The molecule has 0 spiro atoms. The van der Waals surface area contributed by atoms with Gasteiger partial charge in [-0.2, -0.15) is 0 Å². The summed E-state index contributed by atoms with van der Waals surface area (Å²) in [4.78, 5) is 23.9. The van der Waals surface area contributed by atoms with Crippen LogP contribution in [0.4, 0.5) is 5.69 Å². The topological polar surface area (TPSA) is 55.4 Å². The molecule has 5 heteroatoms. The molecule has 0 fully saturated rings. The van der Waals surface area contributed by atoms with Crippen LogP contribution in [0.15, 0.2) is 48.5 Å². The third-order valence-electron chi connectivity index (χ3n) is 3.23. The molecule has 0 atom stereocenters. The maximum Gasteiger partial charge on any atom is 0.338 e. The molecule has 2 aromatic carbocycles. The van der Waals surface area contributed by atoms with Gasteiger partial charge < -0.3 is 10.1 Å². The molecule has 1 amide bonds. The predicted octanol–water partition coefficient (Wildman–Crippen LogP) is 4.55. The van der Waals surface area contributed by atoms with E-state index in [1.54, 1.807) is 48.5 Å². The molecule has 0 radical (unpaired) electrons. The van der Waals surface area contributed by atoms with Gasteiger partial charge in [-0.25, -0.2) is 4.79 Å². The van der Waals surface area contributed by atoms with Crippen LogP contribution in [0.5, 0.6) is 0 Å². The number of esters is 1. The third kappa shape index (κ3) is 4.83. The van der Waals surface area contributed by atoms with Crippen molar-refractivity contribution in [3.05, 3.63) is 64.7 Å². The smallest absolute Gasteiger partial charge is 0.338 e. The van der Waals surface area contributed by atoms with Crippen LogP contribution in [0.1, 0.15) is 40.5 Å². The van der Waals surface area contributed by atoms with E-state index < -0.39 is 0 Å². The normalized spacial score (nSPS) is 10.2. The number of halogens is 1. The number of unbranched alkanes of at least 4 members (excludes halogenated alkanes) is 1. The summed E-state index contributed by atoms with van der Waals surface area (Å²) in [6, 6.07) is 13.4. The van der Waals surface area contributed by atoms with Crippen molar-refractivity contribution < 1.29 is 14.3 Å². The zero-order valence-electron chi connectivity index (χ0n) is 12.8. The summed E-state index contributed by atoms with van der Waals surface area (Å²) < 4.78 is 5.13. The Labute approximate surface area is 140 Å². The summed E-state index contributed by atoms with van der Waals surface area (Å²) in [5, 5.41) is 3.13. The van der Waals surface area contributed by atoms with Gasteiger partial charge in [0.2, 0.25) is 0 Å². The van der Waals surface area contributed by atoms with E-state index in [-0.39, 0.29) is 11.9 Å². The molecule has 0 saturated carbocycles. The molecule has 0 unspecified atom stereocenters. The SMILES string of the molecule is CCCCOC(=O)c1ccc(NC(=O)c2ccccc2Cl)cc1. The second-order valence-corrected chi connectivity index (χ2v) is 5.41. The maximum atomic E-state index is 12.1. The molecule has 0 bridgehead atoms. The van der Waals surface area contributed by atoms with Crippen LogP contribution in [0.25, 0.3) is 0 Å². The van der Waals surface area contributed by atoms with Gasteiger partial charge in [-0.1, -0.05) is 37.1 Å². The number of carbonyl (C=O) groups is 2. The van der Waals surface area contributed by atoms with Crippen LogP contribution in [0, 0.1) is 0 Å². The van der Waals surface area contributed by atoms with E-state index in [1.807, 2.05) is 6.92 Å². The number of amides is 1. The first-order chi connectivity index (χ1) is 11.1. The van der Waals surface area contributed by atoms with Crippen LogP contribution in [-0.4, -0.2) is 18.5 Å². The molecule has 0 aliphatic heterocycles. The highest BCUT2D eigenvalue weighted by molar-refractivity contribution is 6.34. The van der Waals surface area contributed by atoms with Gasteiger partial charge in [0.15, 0.2) is 0 Å². The van der Waals surface area contributed by atoms with Gasteiger partial charge in [0.25, 0.3) is 5.91 Å². The lowest BCUT2D eigenvalue weighted by atomic mass is 10.2. The van der Waals surface area contributed by atoms with Gasteiger partial charge in [0.1, 0.15) is 0 Å². The molecule has 2 aromatic rings. The average Bonchev–Trinajstić information content (AvgIpc) is 2.56. The fraction of sp³-hybridized carbons (Fsp3) is 0.222. The van der Waals surface area contributed by atoms with Gasteiger partial charge in [0.05, 0.1) is 22.8 Å². The molecule has 0 aromatic heterocycles. The lowest BCUT2D eigenvalue weighted by molar-refractivity contribution is 0.0499. The Balaban J connectivity index is 1.99. The molecule has 23 heavy (non-hydrogen) atoms. The Hall–Kier alpha value is -2.33. The summed E-state index contributed by atoms with van der Waals surface area (Å²) in [6.07, 6.45) is 1.82. The zero-order chi connectivity index (χ0) is 16.7. The standard InChI is InChI=1S/C18H18ClNO3/c1-2-3-12-23-18(22)13-8-10-14(11-9-13)20-17(21)15-6-4-5-7-16(15)19/h4-11H,2-3,12H2,1H3,(H,20,21). The lowest BCUT2D eigenvalue weighted by Crippen LogP contribution is -2.12. The fourth-order valence-electron chi connectivity index (χ4n) is 1.93. The molecule has 120 valence electrons. The summed E-state index contributed by atoms with van der Waals surface area (Å²) in [7, 11) is 0. The fourth-order valence-corrected chi connectivity index (χ4v) is 2.15. The predicted molar refractivity (Wildman–Crippen MR) is 91.0 cm³/mol. The second-order valence-electron chi connectivity index (χ2n) is 5.00. The minimum atomic E-state index is -0.359. The van der Waals surface area contributed by atoms with Crippen molar-refractivity contribution in [2.75, 3.05) is 11.9 Å². The number of hydrogen-bond donors (Lipinski definition) is 1. The third-order valence-corrected chi connectivity index (χ3v) is 3.56. The summed E-state index contributed by atoms with van der Waals surface area (Å²) >= 11 is 5.99. The van der Waals surface area contributed by atoms with E-state index in [1.165, 1.54) is 0 Å². The van der Waals surface area contributed by atoms with Crippen LogP contribution in [-0.2, 0) is 4.74 Å². The van der Waals surface area contributed by atoms with Gasteiger partial charge >= 0.3 is 5.97 Å². The molecule has 0 aliphatic carbocycles. The zero-order valence-corrected chi connectivity index (χ0v) is 13.6. The van der Waals surface area contributed by atoms with Crippen LogP contribution in [0.3, 0.4) is 0 Å². The van der Waals surface area contributed by atoms with Crippen molar-refractivity contribution >= 4 is 29.2 Å². The van der Waals surface area contributed by atoms with E-state index >= 15 is 0 Å². The van der Waals surface area contributed by atoms with Crippen molar-refractivity contribution in [3.8, 4) is 0 Å². The molecule has 2 rings (SSSR count). The minimum absolute atomic E-state index is 0.297. The van der Waals surface area contributed by atoms with E-state index in [0.29, 0.717) is 28.4 Å². The number of ether oxygens (including phenoxy) is 1. The first-order valence-electron chi connectivity index (χ1n) is 7.45. The number of nitrogens with one attached hydrogen (secondary N) is 1. The number of anilines is 1. The highest BCUT2D eigenvalue weighted by Crippen LogP contribution is 2.17. The summed E-state index contributed by atoms with van der Waals surface area (Å²) in [6.45, 7) is 2.45. The van der Waals surface area contributed by atoms with Crippen molar-refractivity contribution in [2.45, 2.75) is 19.8 Å². The molecule has 1 N–H and O–H groups in total. The largest absolute Gasteiger partial charge is 0.462 e. The van der Waals surface area contributed by atoms with Crippen molar-refractivity contribution in [2.24, 2.45) is 0 Å². The van der Waals surface area contributed by atoms with Crippen molar-refractivity contribution in [1.29, 1.82) is 0 Å². The molecular weight excluding hydrogens is 314 g/mol. The van der Waals surface area contributed by atoms with Gasteiger partial charge in [0, 0.05) is 5.69 Å². The summed E-state index contributed by atoms with van der Waals surface area (Å²) in [5.74, 6) is -0.656. The number of hydrogen-bond acceptors (Lipinski definition) is 3. The van der Waals surface area contributed by atoms with Crippen molar-refractivity contribution in [1.82, 2.24) is 0 Å². The Kier molecular flexibility index (Phi) is 6.18. The second kappa shape index (κ2) is 8.34. The van der Waals surface area contributed by atoms with E-state index in [0.717, 1.165) is 12.8 Å². The van der Waals surface area contributed by atoms with Crippen LogP contribution >= 0.6 is 11.6 Å². The molecule has 0 saturated heterocycles.